The lowest BCUT2D eigenvalue weighted by Crippen LogP contribution is -2.46. The summed E-state index contributed by atoms with van der Waals surface area (Å²) in [5.41, 5.74) is 7.71. The van der Waals surface area contributed by atoms with Gasteiger partial charge in [-0.3, -0.25) is 9.36 Å². The molecule has 7 nitrogen and oxygen atoms in total. The van der Waals surface area contributed by atoms with Gasteiger partial charge in [0.1, 0.15) is 12.7 Å². The van der Waals surface area contributed by atoms with E-state index in [1.165, 1.54) is 6.33 Å². The van der Waals surface area contributed by atoms with E-state index in [2.05, 4.69) is 19.9 Å². The number of nitrogens with zero attached hydrogens (tertiary/aromatic N) is 5. The number of piperidine rings is 3. The van der Waals surface area contributed by atoms with Gasteiger partial charge in [0, 0.05) is 25.2 Å². The lowest BCUT2D eigenvalue weighted by Gasteiger charge is -2.40. The molecule has 5 heterocycles. The standard InChI is InChI=1S/C13H14N6O/c14-12-10-13(16-6-15-12)19(7-17-10)5-9-11(20)8-1-3-18(9)4-2-8/h5-8H,1-4H2,(H2,14,15,16). The van der Waals surface area contributed by atoms with Crippen LogP contribution in [0.2, 0.25) is 0 Å². The number of nitrogen functional groups attached to an aromatic ring is 1. The Morgan fingerprint density at radius 2 is 2.05 bits per heavy atom. The van der Waals surface area contributed by atoms with E-state index >= 15 is 0 Å². The quantitative estimate of drug-likeness (QED) is 0.759. The molecule has 2 N–H and O–H groups in total. The number of allylic oxidation sites excluding steroid dienone is 1. The highest BCUT2D eigenvalue weighted by Gasteiger charge is 2.36. The van der Waals surface area contributed by atoms with Crippen molar-refractivity contribution in [3.8, 4) is 0 Å². The van der Waals surface area contributed by atoms with Gasteiger partial charge in [-0.05, 0) is 12.8 Å². The minimum Gasteiger partial charge on any atom is -0.382 e. The smallest absolute Gasteiger partial charge is 0.183 e. The average Bonchev–Trinajstić information content (AvgIpc) is 2.88. The van der Waals surface area contributed by atoms with Gasteiger partial charge in [-0.1, -0.05) is 0 Å². The number of carbonyl (C=O) groups is 1. The zero-order valence-corrected chi connectivity index (χ0v) is 10.9. The van der Waals surface area contributed by atoms with Gasteiger partial charge in [0.2, 0.25) is 0 Å². The summed E-state index contributed by atoms with van der Waals surface area (Å²) in [4.78, 5) is 26.8. The van der Waals surface area contributed by atoms with E-state index in [0.717, 1.165) is 31.6 Å². The highest BCUT2D eigenvalue weighted by Crippen LogP contribution is 2.32. The van der Waals surface area contributed by atoms with Crippen molar-refractivity contribution >= 4 is 29.0 Å². The zero-order chi connectivity index (χ0) is 13.7. The van der Waals surface area contributed by atoms with Crippen molar-refractivity contribution in [1.29, 1.82) is 0 Å². The van der Waals surface area contributed by atoms with Crippen LogP contribution >= 0.6 is 0 Å². The number of Topliss-reactive ketones (excluding diaryl/α,β-unsaturated/α-hetero) is 1. The third kappa shape index (κ3) is 1.52. The summed E-state index contributed by atoms with van der Waals surface area (Å²) in [6.45, 7) is 1.90. The molecule has 0 unspecified atom stereocenters. The highest BCUT2D eigenvalue weighted by molar-refractivity contribution is 6.01. The first kappa shape index (κ1) is 11.4. The van der Waals surface area contributed by atoms with Crippen molar-refractivity contribution in [1.82, 2.24) is 24.4 Å². The molecule has 0 aromatic carbocycles. The van der Waals surface area contributed by atoms with Crippen LogP contribution in [-0.4, -0.2) is 43.3 Å². The van der Waals surface area contributed by atoms with Gasteiger partial charge in [0.15, 0.2) is 22.8 Å². The first-order valence-electron chi connectivity index (χ1n) is 6.68. The number of aromatic nitrogens is 4. The second-order valence-corrected chi connectivity index (χ2v) is 5.22. The third-order valence-electron chi connectivity index (χ3n) is 4.11. The Balaban J connectivity index is 1.82. The summed E-state index contributed by atoms with van der Waals surface area (Å²) in [6.07, 6.45) is 6.78. The van der Waals surface area contributed by atoms with Crippen molar-refractivity contribution in [3.05, 3.63) is 18.4 Å². The molecule has 5 rings (SSSR count). The van der Waals surface area contributed by atoms with E-state index in [1.807, 2.05) is 6.20 Å². The summed E-state index contributed by atoms with van der Waals surface area (Å²) >= 11 is 0. The lowest BCUT2D eigenvalue weighted by molar-refractivity contribution is -0.125. The zero-order valence-electron chi connectivity index (χ0n) is 10.9. The SMILES string of the molecule is Nc1ncnc2c1ncn2C=C1C(=O)C2CCN1CC2. The molecule has 102 valence electrons. The molecule has 0 radical (unpaired) electrons. The van der Waals surface area contributed by atoms with E-state index < -0.39 is 0 Å². The number of hydrogen-bond acceptors (Lipinski definition) is 6. The minimum absolute atomic E-state index is 0.181. The molecule has 3 aliphatic rings. The molecule has 2 aromatic heterocycles. The molecule has 0 saturated carbocycles. The van der Waals surface area contributed by atoms with Crippen LogP contribution in [0.5, 0.6) is 0 Å². The van der Waals surface area contributed by atoms with E-state index in [0.29, 0.717) is 17.0 Å². The maximum absolute atomic E-state index is 12.3. The van der Waals surface area contributed by atoms with E-state index in [9.17, 15) is 4.79 Å². The molecule has 3 aliphatic heterocycles. The molecule has 2 aromatic rings. The van der Waals surface area contributed by atoms with Crippen molar-refractivity contribution in [3.63, 3.8) is 0 Å². The van der Waals surface area contributed by atoms with Crippen LogP contribution < -0.4 is 5.73 Å². The lowest BCUT2D eigenvalue weighted by atomic mass is 9.85. The summed E-state index contributed by atoms with van der Waals surface area (Å²) in [7, 11) is 0. The fraction of sp³-hybridized carbons (Fsp3) is 0.385. The Morgan fingerprint density at radius 3 is 2.80 bits per heavy atom. The summed E-state index contributed by atoms with van der Waals surface area (Å²) in [5, 5.41) is 0. The van der Waals surface area contributed by atoms with E-state index in [1.54, 1.807) is 10.9 Å². The summed E-state index contributed by atoms with van der Waals surface area (Å²) < 4.78 is 1.75. The Morgan fingerprint density at radius 1 is 1.25 bits per heavy atom. The largest absolute Gasteiger partial charge is 0.382 e. The Kier molecular flexibility index (Phi) is 2.29. The highest BCUT2D eigenvalue weighted by atomic mass is 16.1. The maximum atomic E-state index is 12.3. The van der Waals surface area contributed by atoms with Crippen LogP contribution in [0.3, 0.4) is 0 Å². The number of anilines is 1. The second kappa shape index (κ2) is 4.03. The van der Waals surface area contributed by atoms with Crippen LogP contribution in [0.25, 0.3) is 17.4 Å². The molecular formula is C13H14N6O. The van der Waals surface area contributed by atoms with Gasteiger partial charge in [-0.15, -0.1) is 0 Å². The number of ketones is 1. The molecule has 3 fully saturated rings. The van der Waals surface area contributed by atoms with Gasteiger partial charge in [0.25, 0.3) is 0 Å². The van der Waals surface area contributed by atoms with E-state index in [4.69, 9.17) is 5.73 Å². The van der Waals surface area contributed by atoms with Gasteiger partial charge < -0.3 is 10.6 Å². The molecule has 0 atom stereocenters. The maximum Gasteiger partial charge on any atom is 0.183 e. The molecule has 0 spiro atoms. The molecule has 20 heavy (non-hydrogen) atoms. The topological polar surface area (TPSA) is 89.9 Å². The van der Waals surface area contributed by atoms with Crippen LogP contribution in [-0.2, 0) is 4.79 Å². The predicted molar refractivity (Wildman–Crippen MR) is 73.3 cm³/mol. The first-order chi connectivity index (χ1) is 9.74. The minimum atomic E-state index is 0.181. The predicted octanol–water partition coefficient (Wildman–Crippen LogP) is 0.502. The van der Waals surface area contributed by atoms with Crippen molar-refractivity contribution in [2.45, 2.75) is 12.8 Å². The molecule has 3 saturated heterocycles. The molecular weight excluding hydrogens is 256 g/mol. The van der Waals surface area contributed by atoms with Crippen LogP contribution in [0.15, 0.2) is 18.4 Å². The molecule has 0 amide bonds. The number of nitrogens with two attached hydrogens (primary N) is 1. The van der Waals surface area contributed by atoms with Crippen molar-refractivity contribution in [2.24, 2.45) is 5.92 Å². The first-order valence-corrected chi connectivity index (χ1v) is 6.68. The van der Waals surface area contributed by atoms with Gasteiger partial charge in [-0.25, -0.2) is 15.0 Å². The Hall–Kier alpha value is -2.44. The number of fused-ring (bicyclic) bond motifs is 4. The normalized spacial score (nSPS) is 21.3. The third-order valence-corrected chi connectivity index (χ3v) is 4.11. The van der Waals surface area contributed by atoms with Crippen LogP contribution in [0.1, 0.15) is 12.8 Å². The van der Waals surface area contributed by atoms with E-state index in [-0.39, 0.29) is 11.7 Å². The molecule has 0 aliphatic carbocycles. The molecule has 7 heteroatoms. The van der Waals surface area contributed by atoms with Crippen molar-refractivity contribution in [2.75, 3.05) is 18.8 Å². The van der Waals surface area contributed by atoms with Crippen molar-refractivity contribution < 1.29 is 4.79 Å². The monoisotopic (exact) mass is 270 g/mol. The Labute approximate surface area is 115 Å². The number of rotatable bonds is 1. The number of carbonyl (C=O) groups excluding carboxylic acids is 1. The van der Waals surface area contributed by atoms with Gasteiger partial charge in [0.05, 0.1) is 5.70 Å². The van der Waals surface area contributed by atoms with Gasteiger partial charge >= 0.3 is 0 Å². The number of imidazole rings is 1. The second-order valence-electron chi connectivity index (χ2n) is 5.22. The number of hydrogen-bond donors (Lipinski definition) is 1. The average molecular weight is 270 g/mol. The summed E-state index contributed by atoms with van der Waals surface area (Å²) in [6, 6.07) is 0. The Bertz CT molecular complexity index is 726. The molecule has 2 bridgehead atoms. The summed E-state index contributed by atoms with van der Waals surface area (Å²) in [5.74, 6) is 0.760. The fourth-order valence-corrected chi connectivity index (χ4v) is 2.99. The fourth-order valence-electron chi connectivity index (χ4n) is 2.99. The van der Waals surface area contributed by atoms with Gasteiger partial charge in [-0.2, -0.15) is 0 Å². The van der Waals surface area contributed by atoms with Crippen LogP contribution in [0, 0.1) is 5.92 Å². The van der Waals surface area contributed by atoms with Crippen LogP contribution in [0.4, 0.5) is 5.82 Å².